The van der Waals surface area contributed by atoms with E-state index < -0.39 is 12.1 Å². The van der Waals surface area contributed by atoms with Gasteiger partial charge in [-0.2, -0.15) is 15.2 Å². The minimum Gasteiger partial charge on any atom is -0.467 e. The van der Waals surface area contributed by atoms with Crippen LogP contribution in [0.2, 0.25) is 5.02 Å². The molecule has 4 aromatic heterocycles. The van der Waals surface area contributed by atoms with E-state index in [4.69, 9.17) is 31.0 Å². The zero-order valence-corrected chi connectivity index (χ0v) is 41.8. The van der Waals surface area contributed by atoms with Crippen LogP contribution in [0, 0.1) is 11.3 Å². The van der Waals surface area contributed by atoms with Crippen molar-refractivity contribution in [1.29, 1.82) is 5.26 Å². The molecule has 1 unspecified atom stereocenters. The van der Waals surface area contributed by atoms with Crippen molar-refractivity contribution in [2.75, 3.05) is 82.9 Å². The fourth-order valence-corrected chi connectivity index (χ4v) is 10.7. The maximum Gasteiger partial charge on any atom is 0.410 e. The fraction of sp³-hybridized carbons (Fsp3) is 0.426. The average molecular weight is 981 g/mol. The van der Waals surface area contributed by atoms with Crippen molar-refractivity contribution in [2.45, 2.75) is 76.9 Å². The third-order valence-corrected chi connectivity index (χ3v) is 14.6. The number of pyridine rings is 2. The minimum absolute atomic E-state index is 0.0337. The number of halogens is 1. The Morgan fingerprint density at radius 1 is 0.972 bits per heavy atom. The Hall–Kier alpha value is -6.96. The van der Waals surface area contributed by atoms with Gasteiger partial charge in [0.2, 0.25) is 0 Å². The zero-order chi connectivity index (χ0) is 49.8. The molecule has 370 valence electrons. The lowest BCUT2D eigenvalue weighted by Crippen LogP contribution is -2.56. The van der Waals surface area contributed by atoms with Crippen LogP contribution in [0.1, 0.15) is 74.9 Å². The molecule has 0 saturated carbocycles. The van der Waals surface area contributed by atoms with Crippen molar-refractivity contribution in [3.63, 3.8) is 0 Å². The molecule has 4 aliphatic rings. The highest BCUT2D eigenvalue weighted by Gasteiger charge is 2.35. The van der Waals surface area contributed by atoms with E-state index in [-0.39, 0.29) is 48.0 Å². The van der Waals surface area contributed by atoms with E-state index >= 15 is 0 Å². The molecule has 10 rings (SSSR count). The van der Waals surface area contributed by atoms with Crippen molar-refractivity contribution >= 4 is 56.9 Å². The number of carbonyl (C=O) groups excluding carboxylic acids is 2. The van der Waals surface area contributed by atoms with Gasteiger partial charge in [-0.05, 0) is 113 Å². The summed E-state index contributed by atoms with van der Waals surface area (Å²) < 4.78 is 13.0. The molecule has 16 nitrogen and oxygen atoms in total. The number of benzene rings is 2. The van der Waals surface area contributed by atoms with Crippen molar-refractivity contribution in [1.82, 2.24) is 39.2 Å². The van der Waals surface area contributed by atoms with Crippen LogP contribution in [0.5, 0.6) is 6.01 Å². The predicted molar refractivity (Wildman–Crippen MR) is 277 cm³/mol. The van der Waals surface area contributed by atoms with Gasteiger partial charge in [0, 0.05) is 103 Å². The van der Waals surface area contributed by atoms with Gasteiger partial charge < -0.3 is 43.5 Å². The molecule has 0 spiro atoms. The molecule has 71 heavy (non-hydrogen) atoms. The fourth-order valence-electron chi connectivity index (χ4n) is 10.4. The van der Waals surface area contributed by atoms with E-state index in [1.165, 1.54) is 25.9 Å². The number of nitrogens with one attached hydrogen (secondary N) is 1. The number of aromatic amines is 1. The standard InChI is InChI=1S/C49H51ClN10O5.C5H11N/c1-30(2)60-26-34(11-12-43(60)61)36-14-19-52-45-38(36)25-40(53-45)32-15-20-56(21-16-32)49(63)65-29-31(3)47(62)59-24-23-58(27-35(59)13-18-51)46-37-17-22-57(28-41(37)54-48(55-46)64-4)42-10-6-8-33-7-5-9-39(50)44(33)42;1-6-4-2-3-5-6/h5-12,14,19,25-26,30,32,35H,3,13,15-17,20-24,27-29H2,1-2,4H3,(H,52,53);2-5H2,1H3. The highest BCUT2D eigenvalue weighted by molar-refractivity contribution is 6.36. The second-order valence-electron chi connectivity index (χ2n) is 19.2. The summed E-state index contributed by atoms with van der Waals surface area (Å²) in [4.78, 5) is 67.4. The smallest absolute Gasteiger partial charge is 0.410 e. The summed E-state index contributed by atoms with van der Waals surface area (Å²) in [5.41, 5.74) is 6.75. The first kappa shape index (κ1) is 49.0. The summed E-state index contributed by atoms with van der Waals surface area (Å²) in [6, 6.07) is 21.7. The number of aromatic nitrogens is 5. The molecule has 1 atom stereocenters. The highest BCUT2D eigenvalue weighted by Crippen LogP contribution is 2.38. The van der Waals surface area contributed by atoms with Crippen LogP contribution in [-0.2, 0) is 22.5 Å². The van der Waals surface area contributed by atoms with Gasteiger partial charge in [-0.1, -0.05) is 42.4 Å². The monoisotopic (exact) mass is 979 g/mol. The molecule has 0 bridgehead atoms. The number of carbonyl (C=O) groups is 2. The van der Waals surface area contributed by atoms with E-state index in [0.29, 0.717) is 63.6 Å². The third kappa shape index (κ3) is 10.6. The van der Waals surface area contributed by atoms with E-state index in [0.717, 1.165) is 67.9 Å². The van der Waals surface area contributed by atoms with E-state index in [2.05, 4.69) is 68.6 Å². The van der Waals surface area contributed by atoms with Crippen LogP contribution in [0.3, 0.4) is 0 Å². The third-order valence-electron chi connectivity index (χ3n) is 14.3. The van der Waals surface area contributed by atoms with Gasteiger partial charge in [0.1, 0.15) is 18.1 Å². The molecule has 3 fully saturated rings. The number of piperazine rings is 1. The summed E-state index contributed by atoms with van der Waals surface area (Å²) in [6.45, 7) is 13.7. The molecular formula is C54H62ClN11O5. The summed E-state index contributed by atoms with van der Waals surface area (Å²) in [7, 11) is 3.72. The summed E-state index contributed by atoms with van der Waals surface area (Å²) in [5.74, 6) is 0.570. The number of fused-ring (bicyclic) bond motifs is 3. The molecule has 17 heteroatoms. The van der Waals surface area contributed by atoms with Crippen LogP contribution >= 0.6 is 11.6 Å². The Balaban J connectivity index is 0.000000968. The van der Waals surface area contributed by atoms with Gasteiger partial charge in [-0.3, -0.25) is 9.59 Å². The number of likely N-dealkylation sites (tertiary alicyclic amines) is 2. The van der Waals surface area contributed by atoms with Crippen molar-refractivity contribution < 1.29 is 19.1 Å². The Labute approximate surface area is 419 Å². The molecular weight excluding hydrogens is 918 g/mol. The Kier molecular flexibility index (Phi) is 14.9. The Morgan fingerprint density at radius 2 is 1.75 bits per heavy atom. The molecule has 1 N–H and O–H groups in total. The number of hydrogen-bond donors (Lipinski definition) is 1. The lowest BCUT2D eigenvalue weighted by molar-refractivity contribution is -0.130. The van der Waals surface area contributed by atoms with Crippen LogP contribution in [0.4, 0.5) is 16.3 Å². The maximum atomic E-state index is 13.9. The first-order valence-electron chi connectivity index (χ1n) is 24.7. The molecule has 6 aromatic rings. The topological polar surface area (TPSA) is 169 Å². The second kappa shape index (κ2) is 21.6. The van der Waals surface area contributed by atoms with Crippen LogP contribution in [0.25, 0.3) is 32.9 Å². The zero-order valence-electron chi connectivity index (χ0n) is 41.1. The minimum atomic E-state index is -0.499. The number of nitrogens with zero attached hydrogens (tertiary/aromatic N) is 10. The highest BCUT2D eigenvalue weighted by atomic mass is 35.5. The number of amides is 2. The number of piperidine rings is 1. The number of H-pyrrole nitrogens is 1. The van der Waals surface area contributed by atoms with Gasteiger partial charge in [-0.25, -0.2) is 9.78 Å². The van der Waals surface area contributed by atoms with Gasteiger partial charge >= 0.3 is 12.1 Å². The first-order chi connectivity index (χ1) is 34.4. The van der Waals surface area contributed by atoms with E-state index in [1.54, 1.807) is 33.7 Å². The summed E-state index contributed by atoms with van der Waals surface area (Å²) >= 11 is 6.70. The van der Waals surface area contributed by atoms with E-state index in [1.807, 2.05) is 50.4 Å². The quantitative estimate of drug-likeness (QED) is 0.131. The number of hydrogen-bond acceptors (Lipinski definition) is 12. The molecule has 2 amide bonds. The largest absolute Gasteiger partial charge is 0.467 e. The average Bonchev–Trinajstić information content (AvgIpc) is 4.07. The molecule has 0 aliphatic carbocycles. The van der Waals surface area contributed by atoms with Gasteiger partial charge in [0.25, 0.3) is 11.5 Å². The van der Waals surface area contributed by atoms with Gasteiger partial charge in [0.15, 0.2) is 0 Å². The molecule has 0 radical (unpaired) electrons. The Bertz CT molecular complexity index is 3040. The number of rotatable bonds is 10. The number of methoxy groups -OCH3 is 1. The molecule has 3 saturated heterocycles. The van der Waals surface area contributed by atoms with Crippen LogP contribution in [-0.4, -0.2) is 130 Å². The van der Waals surface area contributed by atoms with Crippen molar-refractivity contribution in [3.05, 3.63) is 118 Å². The van der Waals surface area contributed by atoms with Gasteiger partial charge in [0.05, 0.1) is 42.9 Å². The molecule has 8 heterocycles. The number of anilines is 2. The van der Waals surface area contributed by atoms with Crippen LogP contribution < -0.4 is 20.1 Å². The van der Waals surface area contributed by atoms with Gasteiger partial charge in [-0.15, -0.1) is 0 Å². The maximum absolute atomic E-state index is 13.9. The Morgan fingerprint density at radius 3 is 2.46 bits per heavy atom. The van der Waals surface area contributed by atoms with Crippen molar-refractivity contribution in [3.8, 4) is 23.2 Å². The lowest BCUT2D eigenvalue weighted by atomic mass is 9.93. The number of nitriles is 1. The first-order valence-corrected chi connectivity index (χ1v) is 25.1. The van der Waals surface area contributed by atoms with Crippen LogP contribution in [0.15, 0.2) is 90.0 Å². The normalized spacial score (nSPS) is 17.5. The van der Waals surface area contributed by atoms with Crippen molar-refractivity contribution in [2.24, 2.45) is 0 Å². The molecule has 2 aromatic carbocycles. The van der Waals surface area contributed by atoms with E-state index in [9.17, 15) is 19.6 Å². The summed E-state index contributed by atoms with van der Waals surface area (Å²) in [5, 5.41) is 13.6. The SMILES string of the molecule is C=C(COC(=O)N1CCC(c2cc3c(-c4ccc(=O)n(C(C)C)c4)ccnc3[nH]2)CC1)C(=O)N1CCN(c2nc(OC)nc3c2CCN(c2cccc4cccc(Cl)c24)C3)CC1CC#N.CN1CCCC1. The second-order valence-corrected chi connectivity index (χ2v) is 19.6. The molecule has 4 aliphatic heterocycles. The predicted octanol–water partition coefficient (Wildman–Crippen LogP) is 8.36. The number of ether oxygens (including phenoxy) is 2. The summed E-state index contributed by atoms with van der Waals surface area (Å²) in [6.07, 6.45) is 8.21. The lowest BCUT2D eigenvalue weighted by Gasteiger charge is -2.42.